The summed E-state index contributed by atoms with van der Waals surface area (Å²) in [5.41, 5.74) is 0.994. The normalized spacial score (nSPS) is 21.0. The third kappa shape index (κ3) is 1.86. The molecule has 1 aliphatic carbocycles. The predicted molar refractivity (Wildman–Crippen MR) is 79.8 cm³/mol. The Hall–Kier alpha value is -2.54. The molecule has 4 rings (SSSR count). The van der Waals surface area contributed by atoms with Crippen LogP contribution in [0, 0.1) is 0 Å². The molecule has 7 nitrogen and oxygen atoms in total. The molecular weight excluding hydrogens is 282 g/mol. The third-order valence-electron chi connectivity index (χ3n) is 4.17. The van der Waals surface area contributed by atoms with Crippen LogP contribution >= 0.6 is 0 Å². The van der Waals surface area contributed by atoms with Crippen molar-refractivity contribution in [3.05, 3.63) is 46.3 Å². The number of fused-ring (bicyclic) bond motifs is 2. The van der Waals surface area contributed by atoms with Crippen LogP contribution in [0.2, 0.25) is 0 Å². The van der Waals surface area contributed by atoms with Gasteiger partial charge >= 0.3 is 0 Å². The number of aromatic amines is 1. The number of hydrogen-bond acceptors (Lipinski definition) is 5. The van der Waals surface area contributed by atoms with E-state index >= 15 is 0 Å². The van der Waals surface area contributed by atoms with Gasteiger partial charge in [0, 0.05) is 6.20 Å². The van der Waals surface area contributed by atoms with Gasteiger partial charge < -0.3 is 5.11 Å². The second-order valence-electron chi connectivity index (χ2n) is 5.84. The van der Waals surface area contributed by atoms with Gasteiger partial charge in [0.25, 0.3) is 5.56 Å². The number of nitrogens with one attached hydrogen (secondary N) is 1. The second-order valence-corrected chi connectivity index (χ2v) is 5.84. The molecule has 3 heterocycles. The van der Waals surface area contributed by atoms with E-state index in [2.05, 4.69) is 20.1 Å². The molecule has 0 saturated carbocycles. The largest absolute Gasteiger partial charge is 0.384 e. The summed E-state index contributed by atoms with van der Waals surface area (Å²) < 4.78 is 1.53. The zero-order chi connectivity index (χ0) is 15.3. The minimum absolute atomic E-state index is 0.262. The van der Waals surface area contributed by atoms with Crippen LogP contribution in [0.5, 0.6) is 0 Å². The van der Waals surface area contributed by atoms with Gasteiger partial charge in [-0.25, -0.2) is 19.6 Å². The van der Waals surface area contributed by atoms with Crippen molar-refractivity contribution in [1.82, 2.24) is 24.7 Å². The maximum atomic E-state index is 12.0. The number of rotatable bonds is 1. The van der Waals surface area contributed by atoms with Crippen LogP contribution in [-0.2, 0) is 12.0 Å². The molecule has 0 fully saturated rings. The van der Waals surface area contributed by atoms with E-state index in [-0.39, 0.29) is 5.56 Å². The standard InChI is InChI=1S/C15H15N5O2/c1-15(22)6-2-3-9-4-5-11(18-12(9)15)20-13-10(14(21)19-20)7-16-8-17-13/h4-5,7-8,22H,2-3,6H2,1H3,(H,19,21). The maximum Gasteiger partial charge on any atom is 0.275 e. The second kappa shape index (κ2) is 4.48. The van der Waals surface area contributed by atoms with Crippen molar-refractivity contribution in [2.24, 2.45) is 0 Å². The summed E-state index contributed by atoms with van der Waals surface area (Å²) in [6.45, 7) is 1.78. The highest BCUT2D eigenvalue weighted by Gasteiger charge is 2.31. The molecule has 22 heavy (non-hydrogen) atoms. The van der Waals surface area contributed by atoms with E-state index in [1.54, 1.807) is 6.92 Å². The lowest BCUT2D eigenvalue weighted by molar-refractivity contribution is 0.0339. The molecule has 3 aromatic rings. The van der Waals surface area contributed by atoms with Crippen molar-refractivity contribution < 1.29 is 5.11 Å². The van der Waals surface area contributed by atoms with Crippen LogP contribution in [0.15, 0.2) is 29.5 Å². The summed E-state index contributed by atoms with van der Waals surface area (Å²) in [5, 5.41) is 13.7. The molecule has 0 aliphatic heterocycles. The van der Waals surface area contributed by atoms with Gasteiger partial charge in [0.05, 0.1) is 5.69 Å². The Bertz CT molecular complexity index is 925. The molecule has 112 valence electrons. The Labute approximate surface area is 125 Å². The molecule has 0 spiro atoms. The van der Waals surface area contributed by atoms with E-state index in [4.69, 9.17) is 0 Å². The molecule has 1 aliphatic rings. The first kappa shape index (κ1) is 13.1. The van der Waals surface area contributed by atoms with Crippen molar-refractivity contribution in [1.29, 1.82) is 0 Å². The van der Waals surface area contributed by atoms with E-state index in [1.807, 2.05) is 12.1 Å². The Kier molecular flexibility index (Phi) is 2.67. The summed E-state index contributed by atoms with van der Waals surface area (Å²) in [6, 6.07) is 3.79. The lowest BCUT2D eigenvalue weighted by Crippen LogP contribution is -2.29. The first-order valence-corrected chi connectivity index (χ1v) is 7.20. The lowest BCUT2D eigenvalue weighted by Gasteiger charge is -2.30. The lowest BCUT2D eigenvalue weighted by atomic mass is 9.84. The van der Waals surface area contributed by atoms with Crippen LogP contribution in [-0.4, -0.2) is 29.8 Å². The Morgan fingerprint density at radius 2 is 2.27 bits per heavy atom. The fourth-order valence-electron chi connectivity index (χ4n) is 3.05. The molecule has 2 N–H and O–H groups in total. The number of hydrogen-bond donors (Lipinski definition) is 2. The van der Waals surface area contributed by atoms with Gasteiger partial charge in [-0.2, -0.15) is 0 Å². The highest BCUT2D eigenvalue weighted by Crippen LogP contribution is 2.34. The summed E-state index contributed by atoms with van der Waals surface area (Å²) >= 11 is 0. The highest BCUT2D eigenvalue weighted by molar-refractivity contribution is 5.74. The molecule has 0 bridgehead atoms. The van der Waals surface area contributed by atoms with E-state index < -0.39 is 5.60 Å². The predicted octanol–water partition coefficient (Wildman–Crippen LogP) is 1.05. The molecule has 1 atom stereocenters. The van der Waals surface area contributed by atoms with E-state index in [1.165, 1.54) is 17.2 Å². The first-order valence-electron chi connectivity index (χ1n) is 7.20. The smallest absolute Gasteiger partial charge is 0.275 e. The third-order valence-corrected chi connectivity index (χ3v) is 4.17. The van der Waals surface area contributed by atoms with E-state index in [9.17, 15) is 9.90 Å². The molecule has 0 aromatic carbocycles. The van der Waals surface area contributed by atoms with Crippen LogP contribution in [0.3, 0.4) is 0 Å². The molecular formula is C15H15N5O2. The SMILES string of the molecule is CC1(O)CCCc2ccc(-n3[nH]c(=O)c4cncnc43)nc21. The van der Waals surface area contributed by atoms with Crippen LogP contribution in [0.25, 0.3) is 16.9 Å². The number of aliphatic hydroxyl groups is 1. The summed E-state index contributed by atoms with van der Waals surface area (Å²) in [5.74, 6) is 0.534. The van der Waals surface area contributed by atoms with Crippen molar-refractivity contribution in [2.45, 2.75) is 31.8 Å². The summed E-state index contributed by atoms with van der Waals surface area (Å²) in [7, 11) is 0. The Morgan fingerprint density at radius 3 is 3.14 bits per heavy atom. The number of aryl methyl sites for hydroxylation is 1. The molecule has 0 radical (unpaired) electrons. The van der Waals surface area contributed by atoms with Gasteiger partial charge in [0.15, 0.2) is 11.5 Å². The fraction of sp³-hybridized carbons (Fsp3) is 0.333. The number of nitrogens with zero attached hydrogens (tertiary/aromatic N) is 4. The highest BCUT2D eigenvalue weighted by atomic mass is 16.3. The van der Waals surface area contributed by atoms with Crippen molar-refractivity contribution in [2.75, 3.05) is 0 Å². The quantitative estimate of drug-likeness (QED) is 0.699. The topological polar surface area (TPSA) is 96.7 Å². The van der Waals surface area contributed by atoms with Gasteiger partial charge in [0.1, 0.15) is 17.3 Å². The summed E-state index contributed by atoms with van der Waals surface area (Å²) in [4.78, 5) is 24.6. The van der Waals surface area contributed by atoms with E-state index in [0.29, 0.717) is 29.0 Å². The van der Waals surface area contributed by atoms with Crippen molar-refractivity contribution in [3.63, 3.8) is 0 Å². The molecule has 7 heteroatoms. The number of H-pyrrole nitrogens is 1. The van der Waals surface area contributed by atoms with Crippen molar-refractivity contribution in [3.8, 4) is 5.82 Å². The zero-order valence-electron chi connectivity index (χ0n) is 12.1. The average molecular weight is 297 g/mol. The van der Waals surface area contributed by atoms with Gasteiger partial charge in [-0.15, -0.1) is 0 Å². The van der Waals surface area contributed by atoms with Gasteiger partial charge in [0.2, 0.25) is 0 Å². The van der Waals surface area contributed by atoms with Crippen LogP contribution in [0.4, 0.5) is 0 Å². The average Bonchev–Trinajstić information content (AvgIpc) is 2.85. The van der Waals surface area contributed by atoms with Crippen LogP contribution in [0.1, 0.15) is 31.0 Å². The Morgan fingerprint density at radius 1 is 1.41 bits per heavy atom. The van der Waals surface area contributed by atoms with Gasteiger partial charge in [-0.3, -0.25) is 9.89 Å². The van der Waals surface area contributed by atoms with Crippen molar-refractivity contribution >= 4 is 11.0 Å². The van der Waals surface area contributed by atoms with Gasteiger partial charge in [-0.1, -0.05) is 6.07 Å². The molecule has 3 aromatic heterocycles. The number of pyridine rings is 1. The fourth-order valence-corrected chi connectivity index (χ4v) is 3.05. The maximum absolute atomic E-state index is 12.0. The van der Waals surface area contributed by atoms with E-state index in [0.717, 1.165) is 18.4 Å². The van der Waals surface area contributed by atoms with Crippen LogP contribution < -0.4 is 5.56 Å². The van der Waals surface area contributed by atoms with Gasteiger partial charge in [-0.05, 0) is 37.8 Å². The minimum atomic E-state index is -0.943. The number of aromatic nitrogens is 5. The molecule has 0 saturated heterocycles. The zero-order valence-corrected chi connectivity index (χ0v) is 12.1. The Balaban J connectivity index is 1.95. The minimum Gasteiger partial charge on any atom is -0.384 e. The first-order chi connectivity index (χ1) is 10.6. The monoisotopic (exact) mass is 297 g/mol. The molecule has 0 amide bonds. The summed E-state index contributed by atoms with van der Waals surface area (Å²) in [6.07, 6.45) is 5.40. The molecule has 1 unspecified atom stereocenters.